The van der Waals surface area contributed by atoms with Gasteiger partial charge >= 0.3 is 6.03 Å². The lowest BCUT2D eigenvalue weighted by Crippen LogP contribution is -2.34. The molecule has 0 aliphatic carbocycles. The van der Waals surface area contributed by atoms with Gasteiger partial charge in [-0.15, -0.1) is 0 Å². The van der Waals surface area contributed by atoms with Gasteiger partial charge in [0.05, 0.1) is 10.6 Å². The monoisotopic (exact) mass is 526 g/mol. The van der Waals surface area contributed by atoms with Gasteiger partial charge in [-0.25, -0.2) is 17.9 Å². The highest BCUT2D eigenvalue weighted by Gasteiger charge is 2.19. The number of carbonyl (C=O) groups excluding carboxylic acids is 1. The summed E-state index contributed by atoms with van der Waals surface area (Å²) in [4.78, 5) is 12.5. The summed E-state index contributed by atoms with van der Waals surface area (Å²) in [6, 6.07) is 31.9. The molecule has 5 rings (SSSR count). The number of sulfonamides is 1. The smallest absolute Gasteiger partial charge is 0.332 e. The van der Waals surface area contributed by atoms with E-state index in [4.69, 9.17) is 12.2 Å². The lowest BCUT2D eigenvalue weighted by Gasteiger charge is -2.14. The van der Waals surface area contributed by atoms with Crippen LogP contribution in [0.1, 0.15) is 0 Å². The van der Waals surface area contributed by atoms with Crippen molar-refractivity contribution in [3.63, 3.8) is 0 Å². The normalized spacial score (nSPS) is 11.1. The number of anilines is 3. The zero-order valence-corrected chi connectivity index (χ0v) is 21.1. The molecule has 5 aromatic rings. The van der Waals surface area contributed by atoms with Crippen LogP contribution < -0.4 is 20.7 Å². The van der Waals surface area contributed by atoms with Crippen molar-refractivity contribution in [2.45, 2.75) is 4.90 Å². The molecule has 0 radical (unpaired) electrons. The van der Waals surface area contributed by atoms with E-state index in [0.717, 1.165) is 27.2 Å². The molecule has 0 unspecified atom stereocenters. The van der Waals surface area contributed by atoms with E-state index in [1.165, 1.54) is 12.1 Å². The Morgan fingerprint density at radius 1 is 0.622 bits per heavy atom. The second-order valence-corrected chi connectivity index (χ2v) is 10.3. The quantitative estimate of drug-likeness (QED) is 0.200. The molecule has 0 aliphatic heterocycles. The molecular weight excluding hydrogens is 504 g/mol. The number of benzene rings is 5. The van der Waals surface area contributed by atoms with Crippen LogP contribution in [0.3, 0.4) is 0 Å². The molecule has 9 heteroatoms. The van der Waals surface area contributed by atoms with Crippen LogP contribution in [0.4, 0.5) is 21.9 Å². The van der Waals surface area contributed by atoms with Crippen molar-refractivity contribution < 1.29 is 13.2 Å². The third-order valence-electron chi connectivity index (χ3n) is 5.70. The largest absolute Gasteiger partial charge is 0.333 e. The van der Waals surface area contributed by atoms with Crippen molar-refractivity contribution in [1.82, 2.24) is 4.72 Å². The van der Waals surface area contributed by atoms with Gasteiger partial charge in [0.2, 0.25) is 0 Å². The van der Waals surface area contributed by atoms with Gasteiger partial charge in [0.15, 0.2) is 5.11 Å². The topological polar surface area (TPSA) is 99.3 Å². The van der Waals surface area contributed by atoms with Gasteiger partial charge in [-0.2, -0.15) is 0 Å². The van der Waals surface area contributed by atoms with Crippen LogP contribution in [-0.4, -0.2) is 19.6 Å². The Hall–Kier alpha value is -4.47. The zero-order valence-electron chi connectivity index (χ0n) is 19.4. The maximum absolute atomic E-state index is 12.9. The summed E-state index contributed by atoms with van der Waals surface area (Å²) >= 11 is 5.45. The van der Waals surface area contributed by atoms with Gasteiger partial charge in [0.1, 0.15) is 0 Å². The number of carbonyl (C=O) groups is 1. The number of rotatable bonds is 5. The lowest BCUT2D eigenvalue weighted by molar-refractivity contribution is 0.256. The van der Waals surface area contributed by atoms with E-state index in [1.807, 2.05) is 72.8 Å². The summed E-state index contributed by atoms with van der Waals surface area (Å²) in [5, 5.41) is 12.9. The number of amides is 2. The zero-order chi connectivity index (χ0) is 25.8. The minimum atomic E-state index is -4.14. The van der Waals surface area contributed by atoms with E-state index in [1.54, 1.807) is 24.3 Å². The summed E-state index contributed by atoms with van der Waals surface area (Å²) < 4.78 is 27.9. The fourth-order valence-corrected chi connectivity index (χ4v) is 5.20. The van der Waals surface area contributed by atoms with E-state index in [9.17, 15) is 13.2 Å². The Morgan fingerprint density at radius 3 is 1.81 bits per heavy atom. The van der Waals surface area contributed by atoms with Gasteiger partial charge in [0.25, 0.3) is 10.0 Å². The number of fused-ring (bicyclic) bond motifs is 2. The predicted octanol–water partition coefficient (Wildman–Crippen LogP) is 6.31. The molecule has 0 spiro atoms. The molecule has 0 fully saturated rings. The van der Waals surface area contributed by atoms with E-state index in [0.29, 0.717) is 16.5 Å². The first-order valence-electron chi connectivity index (χ1n) is 11.4. The predicted molar refractivity (Wildman–Crippen MR) is 154 cm³/mol. The van der Waals surface area contributed by atoms with Crippen LogP contribution in [0.15, 0.2) is 114 Å². The Morgan fingerprint density at radius 2 is 1.16 bits per heavy atom. The Labute approximate surface area is 219 Å². The molecule has 0 saturated carbocycles. The van der Waals surface area contributed by atoms with Crippen LogP contribution in [0.2, 0.25) is 0 Å². The minimum Gasteiger partial charge on any atom is -0.332 e. The summed E-state index contributed by atoms with van der Waals surface area (Å²) in [5.74, 6) is 0. The third-order valence-corrected chi connectivity index (χ3v) is 7.24. The third kappa shape index (κ3) is 5.53. The maximum Gasteiger partial charge on any atom is 0.333 e. The highest BCUT2D eigenvalue weighted by Crippen LogP contribution is 2.25. The first-order chi connectivity index (χ1) is 17.9. The fraction of sp³-hybridized carbons (Fsp3) is 0. The molecule has 184 valence electrons. The van der Waals surface area contributed by atoms with E-state index in [-0.39, 0.29) is 4.90 Å². The second-order valence-electron chi connectivity index (χ2n) is 8.22. The molecule has 7 nitrogen and oxygen atoms in total. The number of hydrogen-bond acceptors (Lipinski definition) is 4. The van der Waals surface area contributed by atoms with Crippen molar-refractivity contribution in [3.05, 3.63) is 109 Å². The number of hydrogen-bond donors (Lipinski definition) is 4. The minimum absolute atomic E-state index is 0.0847. The fourth-order valence-electron chi connectivity index (χ4n) is 4.02. The van der Waals surface area contributed by atoms with Gasteiger partial charge in [-0.05, 0) is 53.3 Å². The molecule has 0 saturated heterocycles. The molecule has 0 aromatic heterocycles. The number of thiocarbonyl (C=S) groups is 1. The van der Waals surface area contributed by atoms with Gasteiger partial charge in [0, 0.05) is 22.1 Å². The van der Waals surface area contributed by atoms with Crippen molar-refractivity contribution in [1.29, 1.82) is 0 Å². The Balaban J connectivity index is 1.28. The van der Waals surface area contributed by atoms with Crippen molar-refractivity contribution in [3.8, 4) is 0 Å². The molecule has 0 bridgehead atoms. The summed E-state index contributed by atoms with van der Waals surface area (Å²) in [5.41, 5.74) is 1.78. The van der Waals surface area contributed by atoms with Crippen LogP contribution in [0.5, 0.6) is 0 Å². The first kappa shape index (κ1) is 24.2. The molecule has 5 aromatic carbocycles. The van der Waals surface area contributed by atoms with E-state index < -0.39 is 16.1 Å². The van der Waals surface area contributed by atoms with Crippen LogP contribution >= 0.6 is 12.2 Å². The first-order valence-corrected chi connectivity index (χ1v) is 13.3. The van der Waals surface area contributed by atoms with Crippen molar-refractivity contribution >= 4 is 72.0 Å². The summed E-state index contributed by atoms with van der Waals surface area (Å²) in [7, 11) is -4.14. The summed E-state index contributed by atoms with van der Waals surface area (Å²) in [6.45, 7) is 0. The van der Waals surface area contributed by atoms with Gasteiger partial charge in [-0.1, -0.05) is 78.9 Å². The van der Waals surface area contributed by atoms with Gasteiger partial charge < -0.3 is 16.0 Å². The SMILES string of the molecule is O=C(Nc1cccc2ccccc12)NS(=O)(=O)c1cccc(NC(=S)Nc2cccc3ccccc23)c1. The average Bonchev–Trinajstić information content (AvgIpc) is 2.89. The molecular formula is C28H22N4O3S2. The maximum atomic E-state index is 12.9. The summed E-state index contributed by atoms with van der Waals surface area (Å²) in [6.07, 6.45) is 0. The number of nitrogens with one attached hydrogen (secondary N) is 4. The van der Waals surface area contributed by atoms with Crippen molar-refractivity contribution in [2.24, 2.45) is 0 Å². The average molecular weight is 527 g/mol. The number of urea groups is 1. The lowest BCUT2D eigenvalue weighted by atomic mass is 10.1. The van der Waals surface area contributed by atoms with E-state index in [2.05, 4.69) is 20.7 Å². The molecule has 0 heterocycles. The van der Waals surface area contributed by atoms with E-state index >= 15 is 0 Å². The van der Waals surface area contributed by atoms with Crippen LogP contribution in [0, 0.1) is 0 Å². The second kappa shape index (κ2) is 10.3. The van der Waals surface area contributed by atoms with Crippen LogP contribution in [0.25, 0.3) is 21.5 Å². The molecule has 0 aliphatic rings. The Bertz CT molecular complexity index is 1740. The van der Waals surface area contributed by atoms with Crippen LogP contribution in [-0.2, 0) is 10.0 Å². The highest BCUT2D eigenvalue weighted by atomic mass is 32.2. The van der Waals surface area contributed by atoms with Crippen molar-refractivity contribution in [2.75, 3.05) is 16.0 Å². The molecule has 2 amide bonds. The molecule has 0 atom stereocenters. The highest BCUT2D eigenvalue weighted by molar-refractivity contribution is 7.90. The Kier molecular flexibility index (Phi) is 6.72. The van der Waals surface area contributed by atoms with Gasteiger partial charge in [-0.3, -0.25) is 0 Å². The molecule has 4 N–H and O–H groups in total. The molecule has 37 heavy (non-hydrogen) atoms. The standard InChI is InChI=1S/C28H22N4O3S2/c33-27(30-25-16-5-10-19-8-1-3-14-23(19)25)32-37(34,35)22-13-7-12-21(18-22)29-28(36)31-26-17-6-11-20-9-2-4-15-24(20)26/h1-18H,(H2,29,31,36)(H2,30,32,33).